The summed E-state index contributed by atoms with van der Waals surface area (Å²) < 4.78 is 13.1. The zero-order valence-electron chi connectivity index (χ0n) is 10.9. The average Bonchev–Trinajstić information content (AvgIpc) is 2.89. The predicted molar refractivity (Wildman–Crippen MR) is 82.6 cm³/mol. The summed E-state index contributed by atoms with van der Waals surface area (Å²) in [4.78, 5) is 0.994. The van der Waals surface area contributed by atoms with E-state index >= 15 is 0 Å². The number of rotatable bonds is 7. The van der Waals surface area contributed by atoms with Crippen LogP contribution in [0.1, 0.15) is 12.5 Å². The van der Waals surface area contributed by atoms with Crippen LogP contribution in [-0.2, 0) is 6.42 Å². The van der Waals surface area contributed by atoms with E-state index in [1.54, 1.807) is 35.2 Å². The van der Waals surface area contributed by atoms with Gasteiger partial charge in [-0.15, -0.1) is 11.8 Å². The van der Waals surface area contributed by atoms with E-state index < -0.39 is 0 Å². The maximum atomic E-state index is 13.1. The van der Waals surface area contributed by atoms with Gasteiger partial charge in [-0.25, -0.2) is 4.39 Å². The number of hydrogen-bond acceptors (Lipinski definition) is 3. The van der Waals surface area contributed by atoms with Crippen molar-refractivity contribution in [2.24, 2.45) is 0 Å². The fraction of sp³-hybridized carbons (Fsp3) is 0.333. The Morgan fingerprint density at radius 2 is 2.26 bits per heavy atom. The molecule has 1 aromatic carbocycles. The van der Waals surface area contributed by atoms with Gasteiger partial charge in [0.25, 0.3) is 0 Å². The second-order valence-corrected chi connectivity index (χ2v) is 6.23. The molecule has 1 atom stereocenters. The van der Waals surface area contributed by atoms with Crippen LogP contribution in [0.5, 0.6) is 0 Å². The Morgan fingerprint density at radius 1 is 1.37 bits per heavy atom. The molecule has 0 saturated heterocycles. The number of thiophene rings is 1. The summed E-state index contributed by atoms with van der Waals surface area (Å²) in [6.45, 7) is 3.08. The Bertz CT molecular complexity index is 485. The molecular formula is C15H18FNS2. The van der Waals surface area contributed by atoms with Gasteiger partial charge in [-0.2, -0.15) is 11.3 Å². The fourth-order valence-corrected chi connectivity index (χ4v) is 3.61. The second-order valence-electron chi connectivity index (χ2n) is 4.36. The summed E-state index contributed by atoms with van der Waals surface area (Å²) in [7, 11) is 0. The van der Waals surface area contributed by atoms with Crippen LogP contribution in [0, 0.1) is 5.82 Å². The van der Waals surface area contributed by atoms with Crippen LogP contribution in [0.15, 0.2) is 46.0 Å². The molecule has 1 heterocycles. The lowest BCUT2D eigenvalue weighted by atomic mass is 10.1. The molecule has 0 aliphatic carbocycles. The van der Waals surface area contributed by atoms with Gasteiger partial charge in [-0.05, 0) is 53.6 Å². The first kappa shape index (κ1) is 14.6. The molecule has 0 spiro atoms. The van der Waals surface area contributed by atoms with Crippen molar-refractivity contribution in [2.45, 2.75) is 24.3 Å². The highest BCUT2D eigenvalue weighted by molar-refractivity contribution is 7.99. The van der Waals surface area contributed by atoms with E-state index in [9.17, 15) is 4.39 Å². The molecule has 2 aromatic rings. The maximum absolute atomic E-state index is 13.1. The summed E-state index contributed by atoms with van der Waals surface area (Å²) in [5.74, 6) is 0.787. The van der Waals surface area contributed by atoms with E-state index in [1.807, 2.05) is 6.07 Å². The molecule has 102 valence electrons. The minimum Gasteiger partial charge on any atom is -0.313 e. The van der Waals surface area contributed by atoms with Gasteiger partial charge in [-0.1, -0.05) is 13.0 Å². The largest absolute Gasteiger partial charge is 0.313 e. The fourth-order valence-electron chi connectivity index (χ4n) is 1.93. The van der Waals surface area contributed by atoms with Crippen molar-refractivity contribution in [1.29, 1.82) is 0 Å². The molecule has 0 fully saturated rings. The Hall–Kier alpha value is -0.840. The first-order chi connectivity index (χ1) is 9.28. The summed E-state index contributed by atoms with van der Waals surface area (Å²) >= 11 is 3.44. The van der Waals surface area contributed by atoms with Crippen LogP contribution < -0.4 is 5.32 Å². The van der Waals surface area contributed by atoms with E-state index in [2.05, 4.69) is 29.1 Å². The van der Waals surface area contributed by atoms with Gasteiger partial charge >= 0.3 is 0 Å². The minimum atomic E-state index is -0.164. The van der Waals surface area contributed by atoms with Crippen molar-refractivity contribution >= 4 is 23.1 Å². The number of nitrogens with one attached hydrogen (secondary N) is 1. The van der Waals surface area contributed by atoms with Gasteiger partial charge in [0.05, 0.1) is 0 Å². The molecule has 0 aliphatic heterocycles. The number of benzene rings is 1. The zero-order valence-corrected chi connectivity index (χ0v) is 12.6. The summed E-state index contributed by atoms with van der Waals surface area (Å²) in [5.41, 5.74) is 1.37. The van der Waals surface area contributed by atoms with Crippen LogP contribution >= 0.6 is 23.1 Å². The Balaban J connectivity index is 1.89. The normalized spacial score (nSPS) is 12.5. The Kier molecular flexibility index (Phi) is 5.89. The molecule has 1 aromatic heterocycles. The first-order valence-electron chi connectivity index (χ1n) is 6.40. The van der Waals surface area contributed by atoms with E-state index in [0.29, 0.717) is 6.04 Å². The first-order valence-corrected chi connectivity index (χ1v) is 8.33. The highest BCUT2D eigenvalue weighted by atomic mass is 32.2. The van der Waals surface area contributed by atoms with E-state index in [1.165, 1.54) is 11.6 Å². The van der Waals surface area contributed by atoms with Crippen molar-refractivity contribution in [3.05, 3.63) is 52.5 Å². The zero-order chi connectivity index (χ0) is 13.5. The second kappa shape index (κ2) is 7.68. The highest BCUT2D eigenvalue weighted by Crippen LogP contribution is 2.21. The van der Waals surface area contributed by atoms with Gasteiger partial charge < -0.3 is 5.32 Å². The van der Waals surface area contributed by atoms with Crippen LogP contribution in [-0.4, -0.2) is 18.3 Å². The summed E-state index contributed by atoms with van der Waals surface area (Å²) in [6, 6.07) is 9.39. The molecule has 1 nitrogen and oxygen atoms in total. The highest BCUT2D eigenvalue weighted by Gasteiger charge is 2.09. The molecule has 0 saturated carbocycles. The van der Waals surface area contributed by atoms with Gasteiger partial charge in [0.15, 0.2) is 0 Å². The van der Waals surface area contributed by atoms with Crippen LogP contribution in [0.3, 0.4) is 0 Å². The lowest BCUT2D eigenvalue weighted by Crippen LogP contribution is -2.33. The average molecular weight is 295 g/mol. The molecule has 2 rings (SSSR count). The third-order valence-corrected chi connectivity index (χ3v) is 4.69. The number of halogens is 1. The molecule has 1 unspecified atom stereocenters. The third kappa shape index (κ3) is 4.97. The SMILES string of the molecule is CCNC(CSc1cccc(F)c1)Cc1ccsc1. The topological polar surface area (TPSA) is 12.0 Å². The van der Waals surface area contributed by atoms with Crippen LogP contribution in [0.4, 0.5) is 4.39 Å². The molecule has 19 heavy (non-hydrogen) atoms. The van der Waals surface area contributed by atoms with Gasteiger partial charge in [0.2, 0.25) is 0 Å². The van der Waals surface area contributed by atoms with Crippen LogP contribution in [0.25, 0.3) is 0 Å². The minimum absolute atomic E-state index is 0.164. The van der Waals surface area contributed by atoms with Crippen molar-refractivity contribution in [2.75, 3.05) is 12.3 Å². The number of likely N-dealkylation sites (N-methyl/N-ethyl adjacent to an activating group) is 1. The van der Waals surface area contributed by atoms with E-state index in [-0.39, 0.29) is 5.82 Å². The van der Waals surface area contributed by atoms with Crippen molar-refractivity contribution < 1.29 is 4.39 Å². The summed E-state index contributed by atoms with van der Waals surface area (Å²) in [6.07, 6.45) is 1.03. The molecule has 4 heteroatoms. The molecular weight excluding hydrogens is 277 g/mol. The van der Waals surface area contributed by atoms with Gasteiger partial charge in [0, 0.05) is 16.7 Å². The van der Waals surface area contributed by atoms with Crippen molar-refractivity contribution in [3.63, 3.8) is 0 Å². The lowest BCUT2D eigenvalue weighted by Gasteiger charge is -2.17. The van der Waals surface area contributed by atoms with Gasteiger partial charge in [0.1, 0.15) is 5.82 Å². The van der Waals surface area contributed by atoms with E-state index in [0.717, 1.165) is 23.6 Å². The lowest BCUT2D eigenvalue weighted by molar-refractivity contribution is 0.573. The maximum Gasteiger partial charge on any atom is 0.124 e. The van der Waals surface area contributed by atoms with Gasteiger partial charge in [-0.3, -0.25) is 0 Å². The van der Waals surface area contributed by atoms with E-state index in [4.69, 9.17) is 0 Å². The molecule has 0 bridgehead atoms. The molecule has 0 amide bonds. The Labute approximate surface area is 122 Å². The molecule has 1 N–H and O–H groups in total. The number of hydrogen-bond donors (Lipinski definition) is 1. The van der Waals surface area contributed by atoms with Crippen molar-refractivity contribution in [3.8, 4) is 0 Å². The smallest absolute Gasteiger partial charge is 0.124 e. The Morgan fingerprint density at radius 3 is 2.95 bits per heavy atom. The quantitative estimate of drug-likeness (QED) is 0.768. The van der Waals surface area contributed by atoms with Crippen LogP contribution in [0.2, 0.25) is 0 Å². The predicted octanol–water partition coefficient (Wildman–Crippen LogP) is 4.20. The molecule has 0 radical (unpaired) electrons. The standard InChI is InChI=1S/C15H18FNS2/c1-2-17-14(8-12-6-7-18-10-12)11-19-15-5-3-4-13(16)9-15/h3-7,9-10,14,17H,2,8,11H2,1H3. The number of thioether (sulfide) groups is 1. The summed E-state index contributed by atoms with van der Waals surface area (Å²) in [5, 5.41) is 7.80. The molecule has 0 aliphatic rings. The third-order valence-electron chi connectivity index (χ3n) is 2.80. The monoisotopic (exact) mass is 295 g/mol. The van der Waals surface area contributed by atoms with Crippen molar-refractivity contribution in [1.82, 2.24) is 5.32 Å².